The minimum absolute atomic E-state index is 0.120. The topological polar surface area (TPSA) is 85.7 Å². The summed E-state index contributed by atoms with van der Waals surface area (Å²) in [6.45, 7) is 1.92. The number of hydrogen-bond acceptors (Lipinski definition) is 6. The molecule has 0 bridgehead atoms. The van der Waals surface area contributed by atoms with Crippen molar-refractivity contribution in [1.29, 1.82) is 0 Å². The summed E-state index contributed by atoms with van der Waals surface area (Å²) in [6.07, 6.45) is 1.39. The molecule has 4 aromatic rings. The maximum absolute atomic E-state index is 9.61. The Balaban J connectivity index is 2.03. The second kappa shape index (κ2) is 5.47. The molecule has 122 valence electrons. The molecule has 0 atom stereocenters. The molecular weight excluding hydrogens is 324 g/mol. The molecule has 24 heavy (non-hydrogen) atoms. The molecule has 0 fully saturated rings. The van der Waals surface area contributed by atoms with E-state index in [2.05, 4.69) is 22.2 Å². The minimum Gasteiger partial charge on any atom is -0.495 e. The lowest BCUT2D eigenvalue weighted by molar-refractivity contribution is 0.274. The van der Waals surface area contributed by atoms with Crippen molar-refractivity contribution >= 4 is 32.8 Å². The number of ether oxygens (including phenoxy) is 1. The third-order valence-corrected chi connectivity index (χ3v) is 5.23. The zero-order chi connectivity index (χ0) is 16.8. The van der Waals surface area contributed by atoms with Crippen LogP contribution in [0.4, 0.5) is 5.82 Å². The monoisotopic (exact) mass is 340 g/mol. The van der Waals surface area contributed by atoms with Gasteiger partial charge in [-0.3, -0.25) is 0 Å². The SMILES string of the molecule is COc1cc(C)cc2cc(-c3cc(CO)n4ncnc(N)c34)sc12. The molecule has 0 aliphatic rings. The van der Waals surface area contributed by atoms with Gasteiger partial charge in [-0.15, -0.1) is 11.3 Å². The predicted molar refractivity (Wildman–Crippen MR) is 95.4 cm³/mol. The second-order valence-electron chi connectivity index (χ2n) is 5.61. The zero-order valence-electron chi connectivity index (χ0n) is 13.3. The fourth-order valence-corrected chi connectivity index (χ4v) is 4.13. The molecule has 0 radical (unpaired) electrons. The van der Waals surface area contributed by atoms with E-state index in [0.29, 0.717) is 17.0 Å². The molecule has 0 saturated carbocycles. The van der Waals surface area contributed by atoms with E-state index in [4.69, 9.17) is 10.5 Å². The van der Waals surface area contributed by atoms with Gasteiger partial charge in [0, 0.05) is 10.4 Å². The Morgan fingerprint density at radius 2 is 2.12 bits per heavy atom. The number of rotatable bonds is 3. The number of methoxy groups -OCH3 is 1. The molecule has 0 amide bonds. The van der Waals surface area contributed by atoms with Crippen molar-refractivity contribution in [1.82, 2.24) is 14.6 Å². The van der Waals surface area contributed by atoms with Crippen molar-refractivity contribution in [2.45, 2.75) is 13.5 Å². The van der Waals surface area contributed by atoms with Crippen LogP contribution in [0.1, 0.15) is 11.3 Å². The van der Waals surface area contributed by atoms with E-state index >= 15 is 0 Å². The van der Waals surface area contributed by atoms with Crippen LogP contribution < -0.4 is 10.5 Å². The lowest BCUT2D eigenvalue weighted by atomic mass is 10.1. The molecule has 0 unspecified atom stereocenters. The molecule has 1 aromatic carbocycles. The molecule has 3 N–H and O–H groups in total. The van der Waals surface area contributed by atoms with Gasteiger partial charge < -0.3 is 15.6 Å². The van der Waals surface area contributed by atoms with Crippen molar-refractivity contribution in [3.05, 3.63) is 41.9 Å². The summed E-state index contributed by atoms with van der Waals surface area (Å²) >= 11 is 1.63. The summed E-state index contributed by atoms with van der Waals surface area (Å²) in [5.41, 5.74) is 9.51. The Kier molecular flexibility index (Phi) is 3.40. The normalized spacial score (nSPS) is 11.5. The number of aliphatic hydroxyl groups excluding tert-OH is 1. The zero-order valence-corrected chi connectivity index (χ0v) is 14.1. The van der Waals surface area contributed by atoms with E-state index in [9.17, 15) is 5.11 Å². The van der Waals surface area contributed by atoms with Crippen molar-refractivity contribution in [2.24, 2.45) is 0 Å². The Labute approximate surface area is 142 Å². The molecule has 0 spiro atoms. The molecule has 0 saturated heterocycles. The van der Waals surface area contributed by atoms with E-state index < -0.39 is 0 Å². The average Bonchev–Trinajstić information content (AvgIpc) is 3.15. The summed E-state index contributed by atoms with van der Waals surface area (Å²) in [6, 6.07) is 8.17. The number of nitrogen functional groups attached to an aromatic ring is 1. The maximum atomic E-state index is 9.61. The minimum atomic E-state index is -0.120. The first-order valence-electron chi connectivity index (χ1n) is 7.43. The third-order valence-electron chi connectivity index (χ3n) is 4.03. The largest absolute Gasteiger partial charge is 0.495 e. The molecule has 0 aliphatic heterocycles. The third kappa shape index (κ3) is 2.13. The molecular formula is C17H16N4O2S. The van der Waals surface area contributed by atoms with Gasteiger partial charge in [-0.1, -0.05) is 6.07 Å². The van der Waals surface area contributed by atoms with Gasteiger partial charge in [0.2, 0.25) is 0 Å². The van der Waals surface area contributed by atoms with Crippen molar-refractivity contribution in [3.8, 4) is 16.2 Å². The van der Waals surface area contributed by atoms with Gasteiger partial charge in [0.05, 0.1) is 24.1 Å². The van der Waals surface area contributed by atoms with Crippen LogP contribution in [0.3, 0.4) is 0 Å². The fourth-order valence-electron chi connectivity index (χ4n) is 2.98. The van der Waals surface area contributed by atoms with E-state index in [1.54, 1.807) is 23.0 Å². The van der Waals surface area contributed by atoms with Gasteiger partial charge in [0.25, 0.3) is 0 Å². The molecule has 7 heteroatoms. The quantitative estimate of drug-likeness (QED) is 0.599. The van der Waals surface area contributed by atoms with E-state index in [1.807, 2.05) is 19.1 Å². The lowest BCUT2D eigenvalue weighted by Crippen LogP contribution is -2.01. The van der Waals surface area contributed by atoms with Crippen LogP contribution in [0.25, 0.3) is 26.0 Å². The Morgan fingerprint density at radius 3 is 2.88 bits per heavy atom. The smallest absolute Gasteiger partial charge is 0.152 e. The van der Waals surface area contributed by atoms with E-state index in [-0.39, 0.29) is 6.61 Å². The summed E-state index contributed by atoms with van der Waals surface area (Å²) < 4.78 is 8.24. The number of nitrogens with two attached hydrogens (primary N) is 1. The number of aromatic nitrogens is 3. The van der Waals surface area contributed by atoms with E-state index in [0.717, 1.165) is 31.8 Å². The van der Waals surface area contributed by atoms with Crippen molar-refractivity contribution in [3.63, 3.8) is 0 Å². The van der Waals surface area contributed by atoms with Crippen LogP contribution in [0.15, 0.2) is 30.6 Å². The Morgan fingerprint density at radius 1 is 1.29 bits per heavy atom. The summed E-state index contributed by atoms with van der Waals surface area (Å²) in [5.74, 6) is 1.25. The van der Waals surface area contributed by atoms with Crippen molar-refractivity contribution < 1.29 is 9.84 Å². The molecule has 4 rings (SSSR count). The highest BCUT2D eigenvalue weighted by Crippen LogP contribution is 2.42. The Bertz CT molecular complexity index is 1070. The van der Waals surface area contributed by atoms with Crippen LogP contribution >= 0.6 is 11.3 Å². The number of fused-ring (bicyclic) bond motifs is 2. The molecule has 0 aliphatic carbocycles. The molecule has 6 nitrogen and oxygen atoms in total. The first kappa shape index (κ1) is 14.9. The highest BCUT2D eigenvalue weighted by atomic mass is 32.1. The number of thiophene rings is 1. The van der Waals surface area contributed by atoms with Crippen LogP contribution in [0, 0.1) is 6.92 Å². The first-order chi connectivity index (χ1) is 11.6. The average molecular weight is 340 g/mol. The molecule has 3 aromatic heterocycles. The van der Waals surface area contributed by atoms with Gasteiger partial charge in [-0.25, -0.2) is 9.50 Å². The van der Waals surface area contributed by atoms with Gasteiger partial charge in [-0.05, 0) is 36.1 Å². The summed E-state index contributed by atoms with van der Waals surface area (Å²) in [5, 5.41) is 14.9. The van der Waals surface area contributed by atoms with Crippen molar-refractivity contribution in [2.75, 3.05) is 12.8 Å². The highest BCUT2D eigenvalue weighted by Gasteiger charge is 2.17. The molecule has 3 heterocycles. The number of nitrogens with zero attached hydrogens (tertiary/aromatic N) is 3. The number of aliphatic hydroxyl groups is 1. The van der Waals surface area contributed by atoms with Crippen LogP contribution in [0.2, 0.25) is 0 Å². The van der Waals surface area contributed by atoms with Gasteiger partial charge in [0.15, 0.2) is 5.82 Å². The van der Waals surface area contributed by atoms with Crippen LogP contribution in [-0.4, -0.2) is 26.8 Å². The maximum Gasteiger partial charge on any atom is 0.152 e. The van der Waals surface area contributed by atoms with Crippen LogP contribution in [0.5, 0.6) is 5.75 Å². The number of benzene rings is 1. The first-order valence-corrected chi connectivity index (χ1v) is 8.24. The van der Waals surface area contributed by atoms with Crippen LogP contribution in [-0.2, 0) is 6.61 Å². The fraction of sp³-hybridized carbons (Fsp3) is 0.176. The van der Waals surface area contributed by atoms with Gasteiger partial charge in [0.1, 0.15) is 17.6 Å². The number of hydrogen-bond donors (Lipinski definition) is 2. The second-order valence-corrected chi connectivity index (χ2v) is 6.66. The standard InChI is InChI=1S/C17H16N4O2S/c1-9-3-10-5-14(24-16(10)13(4-9)23-2)12-6-11(7-22)21-15(12)17(18)19-8-20-21/h3-6,8,22H,7H2,1-2H3,(H2,18,19,20). The number of anilines is 1. The summed E-state index contributed by atoms with van der Waals surface area (Å²) in [7, 11) is 1.68. The Hall–Kier alpha value is -2.64. The van der Waals surface area contributed by atoms with Gasteiger partial charge in [-0.2, -0.15) is 5.10 Å². The lowest BCUT2D eigenvalue weighted by Gasteiger charge is -2.02. The summed E-state index contributed by atoms with van der Waals surface area (Å²) in [4.78, 5) is 5.12. The highest BCUT2D eigenvalue weighted by molar-refractivity contribution is 7.22. The number of aryl methyl sites for hydroxylation is 1. The van der Waals surface area contributed by atoms with E-state index in [1.165, 1.54) is 6.33 Å². The predicted octanol–water partition coefficient (Wildman–Crippen LogP) is 3.00. The van der Waals surface area contributed by atoms with Gasteiger partial charge >= 0.3 is 0 Å².